The summed E-state index contributed by atoms with van der Waals surface area (Å²) in [4.78, 5) is 12.3. The molecule has 2 aromatic carbocycles. The Bertz CT molecular complexity index is 618. The Morgan fingerprint density at radius 2 is 1.75 bits per heavy atom. The molecule has 2 rings (SSSR count). The van der Waals surface area contributed by atoms with Crippen LogP contribution in [0.1, 0.15) is 18.1 Å². The number of carbonyl (C=O) groups excluding carboxylic acids is 1. The van der Waals surface area contributed by atoms with E-state index in [0.29, 0.717) is 10.6 Å². The number of Topliss-reactive ketones (excluding diaryl/α,β-unsaturated/α-hetero) is 1. The van der Waals surface area contributed by atoms with E-state index in [1.54, 1.807) is 36.4 Å². The van der Waals surface area contributed by atoms with Crippen molar-refractivity contribution in [2.24, 2.45) is 0 Å². The number of carbonyl (C=O) groups is 1. The van der Waals surface area contributed by atoms with Crippen molar-refractivity contribution in [1.82, 2.24) is 0 Å². The topological polar surface area (TPSA) is 57.5 Å². The van der Waals surface area contributed by atoms with Gasteiger partial charge in [-0.05, 0) is 30.7 Å². The Kier molecular flexibility index (Phi) is 4.12. The molecule has 0 saturated heterocycles. The molecule has 0 fully saturated rings. The number of aliphatic hydroxyl groups is 1. The lowest BCUT2D eigenvalue weighted by Crippen LogP contribution is -2.33. The van der Waals surface area contributed by atoms with Crippen molar-refractivity contribution in [2.75, 3.05) is 0 Å². The predicted molar refractivity (Wildman–Crippen MR) is 77.8 cm³/mol. The molecule has 3 nitrogen and oxygen atoms in total. The van der Waals surface area contributed by atoms with E-state index < -0.39 is 5.60 Å². The molecule has 0 aromatic heterocycles. The molecule has 0 bridgehead atoms. The smallest absolute Gasteiger partial charge is 0.173 e. The highest BCUT2D eigenvalue weighted by Gasteiger charge is 2.33. The molecule has 0 aliphatic heterocycles. The summed E-state index contributed by atoms with van der Waals surface area (Å²) in [5.74, 6) is -0.213. The Balaban J connectivity index is 2.23. The molecular formula is C16H15ClO3. The SMILES string of the molecule is CC(O)(C(=O)Cc1ccc(O)cc1)c1ccccc1Cl. The first-order valence-corrected chi connectivity index (χ1v) is 6.57. The minimum Gasteiger partial charge on any atom is -0.508 e. The van der Waals surface area contributed by atoms with Crippen LogP contribution in [-0.2, 0) is 16.8 Å². The quantitative estimate of drug-likeness (QED) is 0.910. The third-order valence-corrected chi connectivity index (χ3v) is 3.57. The van der Waals surface area contributed by atoms with Crippen LogP contribution in [0.4, 0.5) is 0 Å². The number of halogens is 1. The van der Waals surface area contributed by atoms with Gasteiger partial charge in [0.25, 0.3) is 0 Å². The van der Waals surface area contributed by atoms with Gasteiger partial charge in [0, 0.05) is 17.0 Å². The van der Waals surface area contributed by atoms with Crippen molar-refractivity contribution in [3.63, 3.8) is 0 Å². The van der Waals surface area contributed by atoms with Gasteiger partial charge in [-0.25, -0.2) is 0 Å². The van der Waals surface area contributed by atoms with Gasteiger partial charge in [0.2, 0.25) is 0 Å². The molecule has 0 aliphatic carbocycles. The minimum absolute atomic E-state index is 0.0680. The normalized spacial score (nSPS) is 13.8. The van der Waals surface area contributed by atoms with Gasteiger partial charge in [-0.2, -0.15) is 0 Å². The van der Waals surface area contributed by atoms with Crippen LogP contribution in [0.2, 0.25) is 5.02 Å². The van der Waals surface area contributed by atoms with Crippen LogP contribution < -0.4 is 0 Å². The van der Waals surface area contributed by atoms with Crippen LogP contribution >= 0.6 is 11.6 Å². The summed E-state index contributed by atoms with van der Waals surface area (Å²) < 4.78 is 0. The number of hydrogen-bond donors (Lipinski definition) is 2. The monoisotopic (exact) mass is 290 g/mol. The van der Waals surface area contributed by atoms with Gasteiger partial charge in [0.1, 0.15) is 11.4 Å². The standard InChI is InChI=1S/C16H15ClO3/c1-16(20,13-4-2-3-5-14(13)17)15(19)10-11-6-8-12(18)9-7-11/h2-9,18,20H,10H2,1H3. The lowest BCUT2D eigenvalue weighted by Gasteiger charge is -2.23. The fourth-order valence-corrected chi connectivity index (χ4v) is 2.30. The van der Waals surface area contributed by atoms with Gasteiger partial charge in [-0.3, -0.25) is 4.79 Å². The third kappa shape index (κ3) is 3.00. The highest BCUT2D eigenvalue weighted by Crippen LogP contribution is 2.29. The molecule has 1 unspecified atom stereocenters. The number of phenols is 1. The minimum atomic E-state index is -1.64. The van der Waals surface area contributed by atoms with Crippen molar-refractivity contribution in [3.8, 4) is 5.75 Å². The number of ketones is 1. The van der Waals surface area contributed by atoms with Crippen LogP contribution in [0.15, 0.2) is 48.5 Å². The van der Waals surface area contributed by atoms with Crippen molar-refractivity contribution >= 4 is 17.4 Å². The molecule has 0 spiro atoms. The zero-order valence-electron chi connectivity index (χ0n) is 11.0. The van der Waals surface area contributed by atoms with E-state index in [1.165, 1.54) is 19.1 Å². The molecule has 2 N–H and O–H groups in total. The average molecular weight is 291 g/mol. The van der Waals surface area contributed by atoms with Crippen molar-refractivity contribution < 1.29 is 15.0 Å². The van der Waals surface area contributed by atoms with E-state index >= 15 is 0 Å². The van der Waals surface area contributed by atoms with Crippen molar-refractivity contribution in [1.29, 1.82) is 0 Å². The number of aromatic hydroxyl groups is 1. The first kappa shape index (κ1) is 14.6. The van der Waals surface area contributed by atoms with Gasteiger partial charge < -0.3 is 10.2 Å². The summed E-state index contributed by atoms with van der Waals surface area (Å²) in [7, 11) is 0. The van der Waals surface area contributed by atoms with Gasteiger partial charge in [0.15, 0.2) is 5.78 Å². The molecule has 0 heterocycles. The molecule has 0 radical (unpaired) electrons. The van der Waals surface area contributed by atoms with E-state index in [4.69, 9.17) is 11.6 Å². The van der Waals surface area contributed by atoms with Crippen LogP contribution in [0.3, 0.4) is 0 Å². The first-order valence-electron chi connectivity index (χ1n) is 6.20. The summed E-state index contributed by atoms with van der Waals surface area (Å²) in [5, 5.41) is 20.0. The van der Waals surface area contributed by atoms with Gasteiger partial charge in [-0.15, -0.1) is 0 Å². The van der Waals surface area contributed by atoms with Crippen LogP contribution in [0, 0.1) is 0 Å². The number of rotatable bonds is 4. The molecule has 0 aliphatic rings. The summed E-state index contributed by atoms with van der Waals surface area (Å²) in [5.41, 5.74) is -0.526. The fourth-order valence-electron chi connectivity index (χ4n) is 1.98. The summed E-state index contributed by atoms with van der Waals surface area (Å²) >= 11 is 6.03. The van der Waals surface area contributed by atoms with Crippen LogP contribution in [0.5, 0.6) is 5.75 Å². The molecule has 104 valence electrons. The number of phenolic OH excluding ortho intramolecular Hbond substituents is 1. The zero-order valence-corrected chi connectivity index (χ0v) is 11.8. The fraction of sp³-hybridized carbons (Fsp3) is 0.188. The third-order valence-electron chi connectivity index (χ3n) is 3.24. The lowest BCUT2D eigenvalue weighted by molar-refractivity contribution is -0.135. The van der Waals surface area contributed by atoms with Crippen molar-refractivity contribution in [2.45, 2.75) is 18.9 Å². The van der Waals surface area contributed by atoms with E-state index in [-0.39, 0.29) is 18.0 Å². The number of benzene rings is 2. The molecular weight excluding hydrogens is 276 g/mol. The second kappa shape index (κ2) is 5.65. The Hall–Kier alpha value is -1.84. The Labute approximate surface area is 122 Å². The summed E-state index contributed by atoms with van der Waals surface area (Å²) in [6.45, 7) is 1.44. The molecule has 0 amide bonds. The zero-order chi connectivity index (χ0) is 14.8. The van der Waals surface area contributed by atoms with Gasteiger partial charge in [-0.1, -0.05) is 41.9 Å². The van der Waals surface area contributed by atoms with E-state index in [0.717, 1.165) is 5.56 Å². The first-order chi connectivity index (χ1) is 9.41. The maximum absolute atomic E-state index is 12.3. The van der Waals surface area contributed by atoms with E-state index in [2.05, 4.69) is 0 Å². The van der Waals surface area contributed by atoms with Gasteiger partial charge >= 0.3 is 0 Å². The van der Waals surface area contributed by atoms with Gasteiger partial charge in [0.05, 0.1) is 0 Å². The Morgan fingerprint density at radius 3 is 2.35 bits per heavy atom. The van der Waals surface area contributed by atoms with E-state index in [9.17, 15) is 15.0 Å². The molecule has 2 aromatic rings. The predicted octanol–water partition coefficient (Wildman–Crippen LogP) is 3.06. The molecule has 1 atom stereocenters. The second-order valence-corrected chi connectivity index (χ2v) is 5.23. The van der Waals surface area contributed by atoms with Crippen LogP contribution in [-0.4, -0.2) is 16.0 Å². The highest BCUT2D eigenvalue weighted by atomic mass is 35.5. The summed E-state index contributed by atoms with van der Waals surface area (Å²) in [6.07, 6.45) is 0.0680. The van der Waals surface area contributed by atoms with Crippen LogP contribution in [0.25, 0.3) is 0 Å². The highest BCUT2D eigenvalue weighted by molar-refractivity contribution is 6.31. The Morgan fingerprint density at radius 1 is 1.15 bits per heavy atom. The average Bonchev–Trinajstić information content (AvgIpc) is 2.41. The lowest BCUT2D eigenvalue weighted by atomic mass is 9.88. The molecule has 0 saturated carbocycles. The number of hydrogen-bond acceptors (Lipinski definition) is 3. The second-order valence-electron chi connectivity index (χ2n) is 4.82. The molecule has 20 heavy (non-hydrogen) atoms. The maximum atomic E-state index is 12.3. The van der Waals surface area contributed by atoms with Crippen molar-refractivity contribution in [3.05, 3.63) is 64.7 Å². The summed E-state index contributed by atoms with van der Waals surface area (Å²) in [6, 6.07) is 13.1. The maximum Gasteiger partial charge on any atom is 0.173 e. The largest absolute Gasteiger partial charge is 0.508 e. The van der Waals surface area contributed by atoms with E-state index in [1.807, 2.05) is 0 Å². The molecule has 4 heteroatoms.